The Bertz CT molecular complexity index is 735. The molecule has 0 aliphatic carbocycles. The third-order valence-electron chi connectivity index (χ3n) is 2.70. The summed E-state index contributed by atoms with van der Waals surface area (Å²) in [6.45, 7) is 0.558. The quantitative estimate of drug-likeness (QED) is 0.602. The van der Waals surface area contributed by atoms with Crippen LogP contribution in [0.4, 0.5) is 0 Å². The Labute approximate surface area is 122 Å². The normalized spacial score (nSPS) is 9.43. The fraction of sp³-hybridized carbons (Fsp3) is 0.118. The molecule has 2 aromatic rings. The van der Waals surface area contributed by atoms with Gasteiger partial charge in [-0.05, 0) is 23.6 Å². The molecule has 2 rings (SSSR count). The second-order valence-electron chi connectivity index (χ2n) is 3.98. The largest absolute Gasteiger partial charge is 0.480 e. The maximum absolute atomic E-state index is 10.6. The van der Waals surface area contributed by atoms with E-state index < -0.39 is 0 Å². The molecule has 104 valence electrons. The zero-order chi connectivity index (χ0) is 15.1. The topological polar surface area (TPSA) is 44.8 Å². The van der Waals surface area contributed by atoms with E-state index in [1.807, 2.05) is 12.1 Å². The van der Waals surface area contributed by atoms with Gasteiger partial charge in [-0.1, -0.05) is 24.0 Å². The average Bonchev–Trinajstić information content (AvgIpc) is 2.51. The van der Waals surface area contributed by atoms with Gasteiger partial charge in [-0.3, -0.25) is 4.79 Å². The molecule has 0 unspecified atom stereocenters. The molecule has 0 saturated heterocycles. The second kappa shape index (κ2) is 6.88. The first kappa shape index (κ1) is 14.3. The molecule has 0 radical (unpaired) electrons. The number of benzene rings is 2. The minimum atomic E-state index is 0.0636. The van der Waals surface area contributed by atoms with Crippen molar-refractivity contribution in [1.29, 1.82) is 0 Å². The summed E-state index contributed by atoms with van der Waals surface area (Å²) in [5.74, 6) is 6.05. The van der Waals surface area contributed by atoms with Gasteiger partial charge in [-0.2, -0.15) is 0 Å². The monoisotopic (exact) mass is 280 g/mol. The third kappa shape index (κ3) is 3.26. The molecule has 0 aromatic heterocycles. The van der Waals surface area contributed by atoms with Crippen LogP contribution in [-0.4, -0.2) is 19.7 Å². The first-order valence-corrected chi connectivity index (χ1v) is 6.09. The van der Waals surface area contributed by atoms with E-state index in [0.717, 1.165) is 10.8 Å². The van der Waals surface area contributed by atoms with Crippen LogP contribution in [0.2, 0.25) is 0 Å². The van der Waals surface area contributed by atoms with Gasteiger partial charge in [0, 0.05) is 5.39 Å². The highest BCUT2D eigenvalue weighted by molar-refractivity contribution is 5.91. The number of carbonyl (C=O) groups is 1. The lowest BCUT2D eigenvalue weighted by atomic mass is 10.1. The Morgan fingerprint density at radius 1 is 1.00 bits per heavy atom. The Morgan fingerprint density at radius 2 is 1.71 bits per heavy atom. The minimum absolute atomic E-state index is 0.0636. The molecule has 4 nitrogen and oxygen atoms in total. The van der Waals surface area contributed by atoms with Gasteiger partial charge < -0.3 is 14.2 Å². The van der Waals surface area contributed by atoms with Gasteiger partial charge in [-0.25, -0.2) is 0 Å². The van der Waals surface area contributed by atoms with Crippen LogP contribution in [0.1, 0.15) is 0 Å². The standard InChI is InChI=1S/C17H12O4/c1-3-8-19-15-7-5-6-13-10-16(21-12-18)17(11-14(13)15)20-9-4-2/h1-2,5-7,10-12H,8-9H2. The van der Waals surface area contributed by atoms with Gasteiger partial charge in [0.25, 0.3) is 6.47 Å². The number of fused-ring (bicyclic) bond motifs is 1. The van der Waals surface area contributed by atoms with E-state index in [1.54, 1.807) is 18.2 Å². The number of hydrogen-bond donors (Lipinski definition) is 0. The van der Waals surface area contributed by atoms with Crippen LogP contribution in [0.3, 0.4) is 0 Å². The van der Waals surface area contributed by atoms with Crippen LogP contribution in [0.5, 0.6) is 17.2 Å². The van der Waals surface area contributed by atoms with Crippen LogP contribution in [-0.2, 0) is 4.79 Å². The van der Waals surface area contributed by atoms with Crippen LogP contribution >= 0.6 is 0 Å². The summed E-state index contributed by atoms with van der Waals surface area (Å²) in [6, 6.07) is 8.86. The van der Waals surface area contributed by atoms with Gasteiger partial charge in [0.05, 0.1) is 0 Å². The van der Waals surface area contributed by atoms with E-state index in [-0.39, 0.29) is 13.2 Å². The summed E-state index contributed by atoms with van der Waals surface area (Å²) in [6.07, 6.45) is 10.4. The Balaban J connectivity index is 2.53. The minimum Gasteiger partial charge on any atom is -0.480 e. The maximum atomic E-state index is 10.6. The van der Waals surface area contributed by atoms with E-state index in [4.69, 9.17) is 27.1 Å². The molecule has 0 atom stereocenters. The van der Waals surface area contributed by atoms with Crippen LogP contribution in [0, 0.1) is 24.7 Å². The molecule has 21 heavy (non-hydrogen) atoms. The summed E-state index contributed by atoms with van der Waals surface area (Å²) in [4.78, 5) is 10.6. The summed E-state index contributed by atoms with van der Waals surface area (Å²) in [5.41, 5.74) is 0. The van der Waals surface area contributed by atoms with Gasteiger partial charge >= 0.3 is 0 Å². The van der Waals surface area contributed by atoms with Crippen molar-refractivity contribution in [3.63, 3.8) is 0 Å². The Hall–Kier alpha value is -3.11. The molecule has 0 amide bonds. The number of terminal acetylenes is 2. The van der Waals surface area contributed by atoms with E-state index in [1.165, 1.54) is 0 Å². The molecule has 0 heterocycles. The molecule has 0 spiro atoms. The smallest absolute Gasteiger partial charge is 0.298 e. The molecule has 0 bridgehead atoms. The summed E-state index contributed by atoms with van der Waals surface area (Å²) < 4.78 is 15.8. The Kier molecular flexibility index (Phi) is 4.69. The first-order chi connectivity index (χ1) is 10.3. The van der Waals surface area contributed by atoms with Crippen molar-refractivity contribution in [2.45, 2.75) is 0 Å². The van der Waals surface area contributed by atoms with Crippen LogP contribution < -0.4 is 14.2 Å². The summed E-state index contributed by atoms with van der Waals surface area (Å²) >= 11 is 0. The summed E-state index contributed by atoms with van der Waals surface area (Å²) in [7, 11) is 0. The first-order valence-electron chi connectivity index (χ1n) is 6.09. The highest BCUT2D eigenvalue weighted by atomic mass is 16.5. The van der Waals surface area contributed by atoms with Crippen LogP contribution in [0.25, 0.3) is 10.8 Å². The van der Waals surface area contributed by atoms with Crippen molar-refractivity contribution in [3.05, 3.63) is 30.3 Å². The Morgan fingerprint density at radius 3 is 2.38 bits per heavy atom. The number of rotatable bonds is 6. The molecular weight excluding hydrogens is 268 g/mol. The number of ether oxygens (including phenoxy) is 3. The maximum Gasteiger partial charge on any atom is 0.298 e. The summed E-state index contributed by atoms with van der Waals surface area (Å²) in [5, 5.41) is 1.62. The molecule has 0 aliphatic rings. The van der Waals surface area contributed by atoms with Crippen molar-refractivity contribution < 1.29 is 19.0 Å². The highest BCUT2D eigenvalue weighted by Crippen LogP contribution is 2.36. The van der Waals surface area contributed by atoms with Gasteiger partial charge in [0.1, 0.15) is 19.0 Å². The fourth-order valence-electron chi connectivity index (χ4n) is 1.88. The van der Waals surface area contributed by atoms with E-state index in [2.05, 4.69) is 11.8 Å². The van der Waals surface area contributed by atoms with Crippen molar-refractivity contribution in [3.8, 4) is 41.9 Å². The molecule has 0 fully saturated rings. The predicted molar refractivity (Wildman–Crippen MR) is 79.3 cm³/mol. The molecule has 0 aliphatic heterocycles. The lowest BCUT2D eigenvalue weighted by Gasteiger charge is -2.12. The number of hydrogen-bond acceptors (Lipinski definition) is 4. The average molecular weight is 280 g/mol. The van der Waals surface area contributed by atoms with Gasteiger partial charge in [0.15, 0.2) is 11.5 Å². The van der Waals surface area contributed by atoms with Crippen molar-refractivity contribution in [2.75, 3.05) is 13.2 Å². The number of carbonyl (C=O) groups excluding carboxylic acids is 1. The molecule has 4 heteroatoms. The van der Waals surface area contributed by atoms with Gasteiger partial charge in [0.2, 0.25) is 0 Å². The third-order valence-corrected chi connectivity index (χ3v) is 2.70. The second-order valence-corrected chi connectivity index (χ2v) is 3.98. The molecule has 2 aromatic carbocycles. The van der Waals surface area contributed by atoms with E-state index in [9.17, 15) is 4.79 Å². The molecular formula is C17H12O4. The van der Waals surface area contributed by atoms with Gasteiger partial charge in [-0.15, -0.1) is 12.8 Å². The van der Waals surface area contributed by atoms with Crippen molar-refractivity contribution in [2.24, 2.45) is 0 Å². The highest BCUT2D eigenvalue weighted by Gasteiger charge is 2.11. The van der Waals surface area contributed by atoms with Crippen molar-refractivity contribution in [1.82, 2.24) is 0 Å². The lowest BCUT2D eigenvalue weighted by Crippen LogP contribution is -1.99. The lowest BCUT2D eigenvalue weighted by molar-refractivity contribution is -0.120. The van der Waals surface area contributed by atoms with E-state index in [0.29, 0.717) is 23.7 Å². The van der Waals surface area contributed by atoms with E-state index >= 15 is 0 Å². The zero-order valence-electron chi connectivity index (χ0n) is 11.2. The SMILES string of the molecule is C#CCOc1cc2c(OCC#C)cccc2cc1OC=O. The zero-order valence-corrected chi connectivity index (χ0v) is 11.2. The predicted octanol–water partition coefficient (Wildman–Crippen LogP) is 2.40. The van der Waals surface area contributed by atoms with Crippen molar-refractivity contribution >= 4 is 17.2 Å². The molecule has 0 saturated carbocycles. The molecule has 0 N–H and O–H groups in total. The van der Waals surface area contributed by atoms with Crippen LogP contribution in [0.15, 0.2) is 30.3 Å². The fourth-order valence-corrected chi connectivity index (χ4v) is 1.88.